The summed E-state index contributed by atoms with van der Waals surface area (Å²) in [5.41, 5.74) is 5.28. The molecule has 2 heterocycles. The Morgan fingerprint density at radius 1 is 1.15 bits per heavy atom. The van der Waals surface area contributed by atoms with Crippen LogP contribution in [0.25, 0.3) is 0 Å². The van der Waals surface area contributed by atoms with E-state index in [0.717, 1.165) is 23.4 Å². The van der Waals surface area contributed by atoms with E-state index in [4.69, 9.17) is 21.7 Å². The van der Waals surface area contributed by atoms with Gasteiger partial charge in [-0.05, 0) is 61.6 Å². The van der Waals surface area contributed by atoms with Crippen LogP contribution in [0.4, 0.5) is 11.4 Å². The van der Waals surface area contributed by atoms with Gasteiger partial charge in [-0.25, -0.2) is 0 Å². The minimum Gasteiger partial charge on any atom is -0.481 e. The molecule has 1 aliphatic heterocycles. The van der Waals surface area contributed by atoms with Crippen molar-refractivity contribution >= 4 is 40.6 Å². The molecule has 0 saturated heterocycles. The van der Waals surface area contributed by atoms with Crippen molar-refractivity contribution in [1.29, 1.82) is 0 Å². The van der Waals surface area contributed by atoms with Crippen molar-refractivity contribution in [3.8, 4) is 0 Å². The number of benzene rings is 2. The van der Waals surface area contributed by atoms with Crippen molar-refractivity contribution in [3.63, 3.8) is 0 Å². The number of carboxylic acid groups (broad SMARTS) is 1. The second-order valence-electron chi connectivity index (χ2n) is 8.49. The number of nitrogens with zero attached hydrogens (tertiary/aromatic N) is 3. The molecule has 0 radical (unpaired) electrons. The number of carbonyl (C=O) groups is 2. The number of nitrogens with one attached hydrogen (secondary N) is 1. The lowest BCUT2D eigenvalue weighted by molar-refractivity contribution is -0.137. The molecule has 2 aromatic carbocycles. The van der Waals surface area contributed by atoms with E-state index in [2.05, 4.69) is 15.2 Å². The summed E-state index contributed by atoms with van der Waals surface area (Å²) in [5, 5.41) is 12.4. The highest BCUT2D eigenvalue weighted by Gasteiger charge is 2.35. The Morgan fingerprint density at radius 3 is 2.56 bits per heavy atom. The Balaban J connectivity index is 1.74. The highest BCUT2D eigenvalue weighted by atomic mass is 35.5. The molecule has 3 aromatic rings. The summed E-state index contributed by atoms with van der Waals surface area (Å²) in [4.78, 5) is 35.3. The van der Waals surface area contributed by atoms with Gasteiger partial charge in [0, 0.05) is 41.1 Å². The predicted molar refractivity (Wildman–Crippen MR) is 133 cm³/mol. The molecule has 1 aliphatic rings. The summed E-state index contributed by atoms with van der Waals surface area (Å²) in [6.45, 7) is 0.817. The second-order valence-corrected chi connectivity index (χ2v) is 8.92. The molecule has 4 rings (SSSR count). The molecule has 1 atom stereocenters. The largest absolute Gasteiger partial charge is 0.481 e. The van der Waals surface area contributed by atoms with Crippen LogP contribution in [-0.4, -0.2) is 46.7 Å². The number of aliphatic carboxylic acids is 1. The van der Waals surface area contributed by atoms with E-state index in [-0.39, 0.29) is 12.3 Å². The Kier molecular flexibility index (Phi) is 7.05. The Hall–Kier alpha value is -3.55. The lowest BCUT2D eigenvalue weighted by Gasteiger charge is -2.15. The molecule has 34 heavy (non-hydrogen) atoms. The fourth-order valence-corrected chi connectivity index (χ4v) is 4.11. The maximum absolute atomic E-state index is 13.0. The zero-order valence-corrected chi connectivity index (χ0v) is 19.7. The van der Waals surface area contributed by atoms with Crippen LogP contribution in [0.1, 0.15) is 34.7 Å². The fourth-order valence-electron chi connectivity index (χ4n) is 3.94. The number of pyridine rings is 1. The summed E-state index contributed by atoms with van der Waals surface area (Å²) in [6, 6.07) is 16.9. The van der Waals surface area contributed by atoms with Gasteiger partial charge in [0.15, 0.2) is 0 Å². The van der Waals surface area contributed by atoms with Crippen molar-refractivity contribution in [3.05, 3.63) is 88.2 Å². The van der Waals surface area contributed by atoms with Crippen LogP contribution >= 0.6 is 11.6 Å². The number of hydrogen-bond acceptors (Lipinski definition) is 5. The molecule has 2 N–H and O–H groups in total. The molecule has 0 spiro atoms. The molecule has 1 amide bonds. The monoisotopic (exact) mass is 476 g/mol. The van der Waals surface area contributed by atoms with Crippen molar-refractivity contribution in [2.45, 2.75) is 25.3 Å². The van der Waals surface area contributed by atoms with Gasteiger partial charge in [0.1, 0.15) is 5.92 Å². The summed E-state index contributed by atoms with van der Waals surface area (Å²) < 4.78 is 0. The highest BCUT2D eigenvalue weighted by Crippen LogP contribution is 2.37. The SMILES string of the molecule is CN(C)Cc1ccc(N=C(c2ccc(CCC(=O)O)nc2)C2C(=O)Nc3cc(Cl)ccc32)cc1. The maximum Gasteiger partial charge on any atom is 0.303 e. The lowest BCUT2D eigenvalue weighted by atomic mass is 9.91. The van der Waals surface area contributed by atoms with Crippen LogP contribution < -0.4 is 5.32 Å². The number of fused-ring (bicyclic) bond motifs is 1. The Bertz CT molecular complexity index is 1240. The molecule has 1 aromatic heterocycles. The minimum absolute atomic E-state index is 0.00571. The first-order valence-corrected chi connectivity index (χ1v) is 11.3. The van der Waals surface area contributed by atoms with Crippen LogP contribution in [0, 0.1) is 0 Å². The van der Waals surface area contributed by atoms with Gasteiger partial charge in [0.2, 0.25) is 5.91 Å². The standard InChI is InChI=1S/C26H25ClN4O3/c1-31(2)15-16-3-7-20(8-4-16)29-25(17-5-9-19(28-14-17)10-12-23(32)33)24-21-11-6-18(27)13-22(21)30-26(24)34/h3-9,11,13-14,24H,10,12,15H2,1-2H3,(H,30,34)(H,32,33). The van der Waals surface area contributed by atoms with Crippen LogP contribution in [0.15, 0.2) is 65.8 Å². The third-order valence-corrected chi connectivity index (χ3v) is 5.76. The number of carboxylic acids is 1. The number of anilines is 1. The fraction of sp³-hybridized carbons (Fsp3) is 0.231. The van der Waals surface area contributed by atoms with Crippen molar-refractivity contribution in [2.75, 3.05) is 19.4 Å². The summed E-state index contributed by atoms with van der Waals surface area (Å²) >= 11 is 6.13. The van der Waals surface area contributed by atoms with Gasteiger partial charge in [-0.1, -0.05) is 29.8 Å². The predicted octanol–water partition coefficient (Wildman–Crippen LogP) is 4.67. The van der Waals surface area contributed by atoms with Crippen LogP contribution in [-0.2, 0) is 22.6 Å². The Morgan fingerprint density at radius 2 is 1.91 bits per heavy atom. The van der Waals surface area contributed by atoms with E-state index in [0.29, 0.717) is 34.1 Å². The number of aliphatic imine (C=N–C) groups is 1. The van der Waals surface area contributed by atoms with Gasteiger partial charge in [-0.2, -0.15) is 0 Å². The van der Waals surface area contributed by atoms with E-state index in [9.17, 15) is 9.59 Å². The van der Waals surface area contributed by atoms with Gasteiger partial charge in [0.05, 0.1) is 17.8 Å². The van der Waals surface area contributed by atoms with Crippen LogP contribution in [0.5, 0.6) is 0 Å². The first kappa shape index (κ1) is 23.6. The normalized spacial score (nSPS) is 15.4. The van der Waals surface area contributed by atoms with E-state index >= 15 is 0 Å². The van der Waals surface area contributed by atoms with Gasteiger partial charge in [-0.3, -0.25) is 19.6 Å². The van der Waals surface area contributed by atoms with Crippen LogP contribution in [0.3, 0.4) is 0 Å². The second kappa shape index (κ2) is 10.2. The summed E-state index contributed by atoms with van der Waals surface area (Å²) in [7, 11) is 4.03. The molecular weight excluding hydrogens is 452 g/mol. The molecule has 7 nitrogen and oxygen atoms in total. The smallest absolute Gasteiger partial charge is 0.303 e. The van der Waals surface area contributed by atoms with Crippen LogP contribution in [0.2, 0.25) is 5.02 Å². The summed E-state index contributed by atoms with van der Waals surface area (Å²) in [5.74, 6) is -1.68. The topological polar surface area (TPSA) is 94.9 Å². The van der Waals surface area contributed by atoms with Crippen molar-refractivity contribution < 1.29 is 14.7 Å². The molecule has 1 unspecified atom stereocenters. The molecular formula is C26H25ClN4O3. The first-order chi connectivity index (χ1) is 16.3. The minimum atomic E-state index is -0.872. The number of aromatic nitrogens is 1. The van der Waals surface area contributed by atoms with Crippen molar-refractivity contribution in [1.82, 2.24) is 9.88 Å². The molecule has 174 valence electrons. The average molecular weight is 477 g/mol. The maximum atomic E-state index is 13.0. The lowest BCUT2D eigenvalue weighted by Crippen LogP contribution is -2.22. The quantitative estimate of drug-likeness (QED) is 0.461. The molecule has 8 heteroatoms. The van der Waals surface area contributed by atoms with Gasteiger partial charge in [0.25, 0.3) is 0 Å². The Labute approximate surface area is 203 Å². The highest BCUT2D eigenvalue weighted by molar-refractivity contribution is 6.31. The van der Waals surface area contributed by atoms with E-state index in [1.807, 2.05) is 50.5 Å². The molecule has 0 saturated carbocycles. The molecule has 0 bridgehead atoms. The van der Waals surface area contributed by atoms with Gasteiger partial charge in [-0.15, -0.1) is 0 Å². The van der Waals surface area contributed by atoms with Gasteiger partial charge < -0.3 is 15.3 Å². The number of amides is 1. The summed E-state index contributed by atoms with van der Waals surface area (Å²) in [6.07, 6.45) is 1.99. The number of aryl methyl sites for hydroxylation is 1. The number of hydrogen-bond donors (Lipinski definition) is 2. The third kappa shape index (κ3) is 5.50. The number of halogens is 1. The average Bonchev–Trinajstić information content (AvgIpc) is 3.11. The zero-order chi connectivity index (χ0) is 24.2. The molecule has 0 aliphatic carbocycles. The van der Waals surface area contributed by atoms with E-state index < -0.39 is 11.9 Å². The van der Waals surface area contributed by atoms with Crippen molar-refractivity contribution in [2.24, 2.45) is 4.99 Å². The zero-order valence-electron chi connectivity index (χ0n) is 19.0. The third-order valence-electron chi connectivity index (χ3n) is 5.52. The van der Waals surface area contributed by atoms with Gasteiger partial charge >= 0.3 is 5.97 Å². The first-order valence-electron chi connectivity index (χ1n) is 10.9. The number of rotatable bonds is 8. The van der Waals surface area contributed by atoms with E-state index in [1.165, 1.54) is 0 Å². The van der Waals surface area contributed by atoms with E-state index in [1.54, 1.807) is 24.4 Å². The number of carbonyl (C=O) groups excluding carboxylic acids is 1. The molecule has 0 fully saturated rings.